The number of carbonyl (C=O) groups is 12. The van der Waals surface area contributed by atoms with E-state index in [0.717, 1.165) is 29.4 Å². The van der Waals surface area contributed by atoms with E-state index >= 15 is 37.5 Å². The van der Waals surface area contributed by atoms with Gasteiger partial charge in [-0.15, -0.1) is 0 Å². The molecule has 3 heterocycles. The van der Waals surface area contributed by atoms with Crippen LogP contribution in [0.3, 0.4) is 0 Å². The third-order valence-corrected chi connectivity index (χ3v) is 23.8. The third kappa shape index (κ3) is 20.8. The van der Waals surface area contributed by atoms with Crippen LogP contribution in [0.1, 0.15) is 169 Å². The lowest BCUT2D eigenvalue weighted by Gasteiger charge is -2.46. The molecule has 0 aromatic carbocycles. The number of hydrogen-bond acceptors (Lipinski definition) is 13. The molecular weight excluding hydrogens is 1420 g/mol. The summed E-state index contributed by atoms with van der Waals surface area (Å²) in [7, 11) is 10.8. The summed E-state index contributed by atoms with van der Waals surface area (Å²) in [6.07, 6.45) is -13.3. The lowest BCUT2D eigenvalue weighted by atomic mass is 9.74. The molecule has 3 N–H and O–H groups in total. The Kier molecular flexibility index (Phi) is 30.1. The Morgan fingerprint density at radius 2 is 1.26 bits per heavy atom. The van der Waals surface area contributed by atoms with Gasteiger partial charge in [0.2, 0.25) is 70.9 Å². The van der Waals surface area contributed by atoms with E-state index in [0.29, 0.717) is 38.5 Å². The van der Waals surface area contributed by atoms with Crippen LogP contribution in [-0.2, 0) is 62.3 Å². The maximum absolute atomic E-state index is 15.5. The molecule has 33 heteroatoms. The lowest BCUT2D eigenvalue weighted by molar-refractivity contribution is -0.219. The Labute approximate surface area is 623 Å². The molecule has 12 atom stereocenters. The van der Waals surface area contributed by atoms with Gasteiger partial charge in [-0.25, -0.2) is 8.78 Å². The monoisotopic (exact) mass is 1530 g/mol. The molecule has 7 rings (SSSR count). The fourth-order valence-corrected chi connectivity index (χ4v) is 17.0. The quantitative estimate of drug-likeness (QED) is 0.150. The number of carbonyl (C=O) groups excluding carboxylic acids is 12. The number of fused-ring (bicyclic) bond motifs is 3. The van der Waals surface area contributed by atoms with Crippen molar-refractivity contribution >= 4 is 70.9 Å². The first-order chi connectivity index (χ1) is 50.1. The van der Waals surface area contributed by atoms with Gasteiger partial charge in [0.1, 0.15) is 72.1 Å². The molecule has 2 bridgehead atoms. The number of hydrogen-bond donors (Lipinski definition) is 3. The first-order valence-corrected chi connectivity index (χ1v) is 38.1. The molecular formula is C74H114F8N12O13. The molecule has 25 nitrogen and oxygen atoms in total. The van der Waals surface area contributed by atoms with Gasteiger partial charge < -0.3 is 64.8 Å². The number of likely N-dealkylation sites (N-methyl/N-ethyl adjacent to an activating group) is 7. The van der Waals surface area contributed by atoms with Crippen molar-refractivity contribution in [2.24, 2.45) is 41.4 Å². The van der Waals surface area contributed by atoms with Gasteiger partial charge in [-0.1, -0.05) is 59.1 Å². The van der Waals surface area contributed by atoms with Crippen molar-refractivity contribution in [2.75, 3.05) is 89.2 Å². The van der Waals surface area contributed by atoms with Crippen LogP contribution in [0.5, 0.6) is 0 Å². The number of nitrogens with zero attached hydrogens (tertiary/aromatic N) is 9. The molecule has 1 spiro atoms. The largest absolute Gasteiger partial charge is 0.397 e. The van der Waals surface area contributed by atoms with Crippen LogP contribution >= 0.6 is 0 Å². The van der Waals surface area contributed by atoms with Gasteiger partial charge in [-0.3, -0.25) is 57.5 Å². The fourth-order valence-electron chi connectivity index (χ4n) is 17.0. The number of alkyl halides is 8. The molecule has 0 aromatic heterocycles. The van der Waals surface area contributed by atoms with E-state index in [4.69, 9.17) is 4.74 Å². The number of halogens is 8. The smallest absolute Gasteiger partial charge is 0.377 e. The molecule has 4 saturated carbocycles. The van der Waals surface area contributed by atoms with Gasteiger partial charge in [-0.05, 0) is 139 Å². The van der Waals surface area contributed by atoms with E-state index in [1.165, 1.54) is 71.1 Å². The zero-order valence-electron chi connectivity index (χ0n) is 64.3. The summed E-state index contributed by atoms with van der Waals surface area (Å²) in [6.45, 7) is 6.56. The van der Waals surface area contributed by atoms with Gasteiger partial charge in [0.05, 0.1) is 31.5 Å². The standard InChI is InChI=1S/C74H114F8N12O13/c1-14-43(5)60-69(104)88(9)41-58(97)89(10)52-24-17-16-20-33-93(68(52)103)55(36-44-25-28-47(29-26-44)73(77,78)79)67(102)87(8)40-56(95)83-51(30-27-45-34-49(75)59(50(76)35-45)74(80,81)82)65(100)94-39-48(107-15-2)37-53(94)63(98)85-72(31-21-32-72)71(106)92(13)62(46-22-18-19-23-46)70(105)90(11)54(66(101)86(6)7)38-57(96)91(12)61(42(3)4)64(99)84-60/h16-17,42-55,59-62H,14-15,18-41H2,1-13H3,(H,83,95)(H,84,99)(H,85,98)/b17-16-/t43-,44?,45?,47?,48+,49?,50?,51-,52-,53-,54-,55-,59?,60-,61-,62-/m0/s1. The second kappa shape index (κ2) is 37.0. The lowest BCUT2D eigenvalue weighted by Crippen LogP contribution is -2.68. The second-order valence-electron chi connectivity index (χ2n) is 31.7. The summed E-state index contributed by atoms with van der Waals surface area (Å²) in [5.41, 5.74) is -1.69. The highest BCUT2D eigenvalue weighted by atomic mass is 19.4. The van der Waals surface area contributed by atoms with Crippen molar-refractivity contribution in [3.63, 3.8) is 0 Å². The minimum absolute atomic E-state index is 0.00533. The van der Waals surface area contributed by atoms with Crippen molar-refractivity contribution in [1.29, 1.82) is 0 Å². The van der Waals surface area contributed by atoms with Crippen LogP contribution in [-0.4, -0.2) is 289 Å². The Morgan fingerprint density at radius 1 is 0.645 bits per heavy atom. The molecule has 2 unspecified atom stereocenters. The van der Waals surface area contributed by atoms with Crippen molar-refractivity contribution in [2.45, 2.75) is 254 Å². The predicted octanol–water partition coefficient (Wildman–Crippen LogP) is 5.96. The second-order valence-corrected chi connectivity index (χ2v) is 31.7. The summed E-state index contributed by atoms with van der Waals surface area (Å²) >= 11 is 0. The van der Waals surface area contributed by atoms with Crippen LogP contribution in [0.15, 0.2) is 12.2 Å². The molecule has 6 fully saturated rings. The Balaban J connectivity index is 1.32. The maximum Gasteiger partial charge on any atom is 0.397 e. The van der Waals surface area contributed by atoms with Crippen molar-refractivity contribution in [1.82, 2.24) is 60.0 Å². The minimum atomic E-state index is -5.22. The Bertz CT molecular complexity index is 3210. The summed E-state index contributed by atoms with van der Waals surface area (Å²) in [5, 5.41) is 8.37. The first kappa shape index (κ1) is 87.0. The van der Waals surface area contributed by atoms with Crippen LogP contribution < -0.4 is 16.0 Å². The van der Waals surface area contributed by atoms with E-state index < -0.39 is 236 Å². The predicted molar refractivity (Wildman–Crippen MR) is 376 cm³/mol. The molecule has 0 radical (unpaired) electrons. The van der Waals surface area contributed by atoms with E-state index in [2.05, 4.69) is 16.0 Å². The van der Waals surface area contributed by atoms with Crippen molar-refractivity contribution in [3.8, 4) is 0 Å². The average Bonchev–Trinajstić information content (AvgIpc) is 1.68. The molecule has 2 saturated heterocycles. The average molecular weight is 1530 g/mol. The van der Waals surface area contributed by atoms with Gasteiger partial charge in [0.15, 0.2) is 0 Å². The van der Waals surface area contributed by atoms with E-state index in [9.17, 15) is 55.1 Å². The molecule has 12 amide bonds. The molecule has 0 aromatic rings. The zero-order chi connectivity index (χ0) is 79.6. The Hall–Kier alpha value is -7.22. The van der Waals surface area contributed by atoms with Crippen LogP contribution in [0.2, 0.25) is 0 Å². The summed E-state index contributed by atoms with van der Waals surface area (Å²) < 4.78 is 121. The molecule has 107 heavy (non-hydrogen) atoms. The summed E-state index contributed by atoms with van der Waals surface area (Å²) in [6, 6.07) is -11.4. The number of rotatable bonds is 12. The van der Waals surface area contributed by atoms with Gasteiger partial charge in [-0.2, -0.15) is 26.3 Å². The minimum Gasteiger partial charge on any atom is -0.377 e. The van der Waals surface area contributed by atoms with Crippen LogP contribution in [0.4, 0.5) is 35.1 Å². The number of amides is 12. The topological polar surface area (TPSA) is 279 Å². The highest BCUT2D eigenvalue weighted by molar-refractivity contribution is 6.01. The van der Waals surface area contributed by atoms with Crippen molar-refractivity contribution in [3.05, 3.63) is 12.2 Å². The Morgan fingerprint density at radius 3 is 1.81 bits per heavy atom. The number of ether oxygens (including phenoxy) is 1. The highest BCUT2D eigenvalue weighted by Gasteiger charge is 2.56. The summed E-state index contributed by atoms with van der Waals surface area (Å²) in [4.78, 5) is 191. The SMILES string of the molecule is CCO[C@@H]1C[C@H]2C(=O)NC3(CCC3)C(=O)N(C)[C@@H](C3CCCC3)C(=O)N(C)[C@H](C(=O)N(C)C)CC(=O)N(C)[C@@H](C(C)C)C(=O)N[C@@H]([C@@H](C)CC)C(=O)N(C)CC(=O)N(C)[C@H]3C/C=C\CCN(C3=O)[C@@H](CC3CCC(C(F)(F)F)CC3)C(=O)N(C)CC(=O)N[C@@H](CCC3CC(F)C(C(F)(F)F)C(F)C3)C(=O)N2C1. The van der Waals surface area contributed by atoms with E-state index in [1.807, 2.05) is 0 Å². The van der Waals surface area contributed by atoms with Crippen LogP contribution in [0.25, 0.3) is 0 Å². The van der Waals surface area contributed by atoms with E-state index in [1.54, 1.807) is 46.8 Å². The highest BCUT2D eigenvalue weighted by Crippen LogP contribution is 2.46. The van der Waals surface area contributed by atoms with Gasteiger partial charge >= 0.3 is 12.4 Å². The van der Waals surface area contributed by atoms with Crippen molar-refractivity contribution < 1.29 is 97.4 Å². The van der Waals surface area contributed by atoms with Crippen LogP contribution in [0, 0.1) is 41.4 Å². The fraction of sp³-hybridized carbons (Fsp3) is 0.811. The van der Waals surface area contributed by atoms with E-state index in [-0.39, 0.29) is 90.3 Å². The summed E-state index contributed by atoms with van der Waals surface area (Å²) in [5.74, 6) is -17.5. The maximum atomic E-state index is 15.5. The zero-order valence-corrected chi connectivity index (χ0v) is 64.3. The molecule has 4 aliphatic carbocycles. The molecule has 604 valence electrons. The normalized spacial score (nSPS) is 32.2. The van der Waals surface area contributed by atoms with Gasteiger partial charge in [0.25, 0.3) is 0 Å². The number of nitrogens with one attached hydrogen (secondary N) is 3. The third-order valence-electron chi connectivity index (χ3n) is 23.8. The molecule has 7 aliphatic rings. The first-order valence-electron chi connectivity index (χ1n) is 38.1. The van der Waals surface area contributed by atoms with Gasteiger partial charge in [0, 0.05) is 82.5 Å². The molecule has 3 aliphatic heterocycles.